The number of halogens is 3. The fraction of sp³-hybridized carbons (Fsp3) is 0.462. The summed E-state index contributed by atoms with van der Waals surface area (Å²) in [6.45, 7) is 3.35. The number of hydrogen-bond donors (Lipinski definition) is 0. The van der Waals surface area contributed by atoms with E-state index in [1.807, 2.05) is 0 Å². The molecule has 1 amide bonds. The summed E-state index contributed by atoms with van der Waals surface area (Å²) in [5.74, 6) is -1.13. The van der Waals surface area contributed by atoms with Crippen molar-refractivity contribution in [3.8, 4) is 0 Å². The first-order valence-corrected chi connectivity index (χ1v) is 7.62. The van der Waals surface area contributed by atoms with Crippen LogP contribution in [0.15, 0.2) is 6.20 Å². The van der Waals surface area contributed by atoms with Crippen molar-refractivity contribution in [3.05, 3.63) is 27.0 Å². The lowest BCUT2D eigenvalue weighted by atomic mass is 10.3. The van der Waals surface area contributed by atoms with Gasteiger partial charge >= 0.3 is 5.97 Å². The normalized spacial score (nSPS) is 16.3. The van der Waals surface area contributed by atoms with Crippen LogP contribution >= 0.6 is 34.8 Å². The summed E-state index contributed by atoms with van der Waals surface area (Å²) in [6.07, 6.45) is 0.235. The molecule has 1 atom stereocenters. The third-order valence-corrected chi connectivity index (χ3v) is 4.31. The quantitative estimate of drug-likeness (QED) is 0.768. The van der Waals surface area contributed by atoms with Crippen LogP contribution in [-0.2, 0) is 14.3 Å². The summed E-state index contributed by atoms with van der Waals surface area (Å²) >= 11 is 17.5. The molecule has 0 saturated carbocycles. The van der Waals surface area contributed by atoms with Crippen LogP contribution in [0.4, 0.5) is 0 Å². The van der Waals surface area contributed by atoms with E-state index in [9.17, 15) is 9.59 Å². The number of nitrogens with zero attached hydrogens (tertiary/aromatic N) is 2. The lowest BCUT2D eigenvalue weighted by Gasteiger charge is -2.28. The van der Waals surface area contributed by atoms with E-state index in [1.54, 1.807) is 4.90 Å². The van der Waals surface area contributed by atoms with Crippen LogP contribution in [0.5, 0.6) is 0 Å². The molecule has 22 heavy (non-hydrogen) atoms. The Morgan fingerprint density at radius 2 is 1.91 bits per heavy atom. The van der Waals surface area contributed by atoms with Crippen LogP contribution in [0.2, 0.25) is 15.1 Å². The van der Waals surface area contributed by atoms with E-state index < -0.39 is 12.1 Å². The highest BCUT2D eigenvalue weighted by Gasteiger charge is 2.27. The summed E-state index contributed by atoms with van der Waals surface area (Å²) in [5, 5.41) is 0.0308. The largest absolute Gasteiger partial charge is 0.448 e. The van der Waals surface area contributed by atoms with E-state index in [0.29, 0.717) is 26.3 Å². The molecule has 2 rings (SSSR count). The van der Waals surface area contributed by atoms with E-state index >= 15 is 0 Å². The molecule has 0 spiro atoms. The van der Waals surface area contributed by atoms with Crippen molar-refractivity contribution in [1.29, 1.82) is 0 Å². The van der Waals surface area contributed by atoms with Crippen LogP contribution in [0.25, 0.3) is 0 Å². The Hall–Kier alpha value is -1.08. The van der Waals surface area contributed by atoms with E-state index in [-0.39, 0.29) is 26.7 Å². The molecule has 0 aromatic carbocycles. The van der Waals surface area contributed by atoms with Gasteiger partial charge in [0.25, 0.3) is 5.91 Å². The Bertz CT molecular complexity index is 591. The summed E-state index contributed by atoms with van der Waals surface area (Å²) < 4.78 is 10.3. The first kappa shape index (κ1) is 17.3. The minimum absolute atomic E-state index is 0.0115. The molecular formula is C13H13Cl3N2O4. The SMILES string of the molecule is C[C@@H](OC(=O)c1ncc(Cl)c(Cl)c1Cl)C(=O)N1CCOCC1. The van der Waals surface area contributed by atoms with Gasteiger partial charge in [-0.3, -0.25) is 4.79 Å². The maximum absolute atomic E-state index is 12.2. The molecule has 0 unspecified atom stereocenters. The Morgan fingerprint density at radius 3 is 2.55 bits per heavy atom. The van der Waals surface area contributed by atoms with Crippen molar-refractivity contribution in [3.63, 3.8) is 0 Å². The second-order valence-corrected chi connectivity index (χ2v) is 5.73. The molecule has 1 aromatic rings. The predicted octanol–water partition coefficient (Wildman–Crippen LogP) is 2.45. The number of amides is 1. The number of carbonyl (C=O) groups is 2. The lowest BCUT2D eigenvalue weighted by Crippen LogP contribution is -2.46. The number of esters is 1. The van der Waals surface area contributed by atoms with Crippen molar-refractivity contribution < 1.29 is 19.1 Å². The topological polar surface area (TPSA) is 68.7 Å². The molecule has 9 heteroatoms. The first-order valence-electron chi connectivity index (χ1n) is 6.48. The van der Waals surface area contributed by atoms with Gasteiger partial charge in [0.2, 0.25) is 0 Å². The molecule has 1 fully saturated rings. The minimum Gasteiger partial charge on any atom is -0.448 e. The Morgan fingerprint density at radius 1 is 1.27 bits per heavy atom. The van der Waals surface area contributed by atoms with E-state index in [1.165, 1.54) is 13.1 Å². The minimum atomic E-state index is -0.960. The van der Waals surface area contributed by atoms with Gasteiger partial charge in [-0.05, 0) is 6.92 Å². The van der Waals surface area contributed by atoms with Gasteiger partial charge in [-0.2, -0.15) is 0 Å². The number of rotatable bonds is 3. The monoisotopic (exact) mass is 366 g/mol. The molecule has 1 saturated heterocycles. The van der Waals surface area contributed by atoms with Gasteiger partial charge in [-0.1, -0.05) is 34.8 Å². The fourth-order valence-electron chi connectivity index (χ4n) is 1.89. The van der Waals surface area contributed by atoms with Gasteiger partial charge in [-0.25, -0.2) is 9.78 Å². The molecular weight excluding hydrogens is 355 g/mol. The van der Waals surface area contributed by atoms with Crippen LogP contribution < -0.4 is 0 Å². The van der Waals surface area contributed by atoms with Crippen LogP contribution in [0.1, 0.15) is 17.4 Å². The van der Waals surface area contributed by atoms with Crippen LogP contribution in [0, 0.1) is 0 Å². The predicted molar refractivity (Wildman–Crippen MR) is 81.5 cm³/mol. The van der Waals surface area contributed by atoms with Gasteiger partial charge in [-0.15, -0.1) is 0 Å². The summed E-state index contributed by atoms with van der Waals surface area (Å²) in [4.78, 5) is 29.6. The average molecular weight is 368 g/mol. The molecule has 2 heterocycles. The van der Waals surface area contributed by atoms with Crippen molar-refractivity contribution in [1.82, 2.24) is 9.88 Å². The number of aromatic nitrogens is 1. The molecule has 1 aliphatic rings. The number of hydrogen-bond acceptors (Lipinski definition) is 5. The molecule has 1 aliphatic heterocycles. The summed E-state index contributed by atoms with van der Waals surface area (Å²) in [7, 11) is 0. The van der Waals surface area contributed by atoms with Gasteiger partial charge in [0.05, 0.1) is 28.3 Å². The van der Waals surface area contributed by atoms with Gasteiger partial charge in [0, 0.05) is 19.3 Å². The van der Waals surface area contributed by atoms with Crippen LogP contribution in [-0.4, -0.2) is 54.2 Å². The third kappa shape index (κ3) is 3.81. The molecule has 0 aliphatic carbocycles. The summed E-state index contributed by atoms with van der Waals surface area (Å²) in [5.41, 5.74) is -0.183. The fourth-order valence-corrected chi connectivity index (χ4v) is 2.45. The highest BCUT2D eigenvalue weighted by molar-refractivity contribution is 6.48. The second-order valence-electron chi connectivity index (χ2n) is 4.57. The van der Waals surface area contributed by atoms with Crippen molar-refractivity contribution in [2.24, 2.45) is 0 Å². The molecule has 1 aromatic heterocycles. The van der Waals surface area contributed by atoms with E-state index in [2.05, 4.69) is 4.98 Å². The molecule has 0 radical (unpaired) electrons. The molecule has 120 valence electrons. The third-order valence-electron chi connectivity index (χ3n) is 3.06. The number of ether oxygens (including phenoxy) is 2. The maximum Gasteiger partial charge on any atom is 0.359 e. The molecule has 0 bridgehead atoms. The number of pyridine rings is 1. The number of carbonyl (C=O) groups excluding carboxylic acids is 2. The Labute approximate surface area is 142 Å². The zero-order valence-corrected chi connectivity index (χ0v) is 13.9. The summed E-state index contributed by atoms with van der Waals surface area (Å²) in [6, 6.07) is 0. The van der Waals surface area contributed by atoms with E-state index in [4.69, 9.17) is 44.3 Å². The number of morpholine rings is 1. The molecule has 6 nitrogen and oxygen atoms in total. The van der Waals surface area contributed by atoms with Crippen molar-refractivity contribution in [2.45, 2.75) is 13.0 Å². The highest BCUT2D eigenvalue weighted by atomic mass is 35.5. The van der Waals surface area contributed by atoms with Crippen molar-refractivity contribution >= 4 is 46.7 Å². The lowest BCUT2D eigenvalue weighted by molar-refractivity contribution is -0.143. The zero-order valence-electron chi connectivity index (χ0n) is 11.6. The smallest absolute Gasteiger partial charge is 0.359 e. The van der Waals surface area contributed by atoms with Gasteiger partial charge in [0.15, 0.2) is 11.8 Å². The standard InChI is InChI=1S/C13H13Cl3N2O4/c1-7(12(19)18-2-4-21-5-3-18)22-13(20)11-10(16)9(15)8(14)6-17-11/h6-7H,2-5H2,1H3/t7-/m1/s1. The van der Waals surface area contributed by atoms with Gasteiger partial charge in [0.1, 0.15) is 0 Å². The Balaban J connectivity index is 2.05. The van der Waals surface area contributed by atoms with E-state index in [0.717, 1.165) is 0 Å². The average Bonchev–Trinajstić information content (AvgIpc) is 2.52. The van der Waals surface area contributed by atoms with Crippen molar-refractivity contribution in [2.75, 3.05) is 26.3 Å². The molecule has 0 N–H and O–H groups in total. The van der Waals surface area contributed by atoms with Crippen LogP contribution in [0.3, 0.4) is 0 Å². The zero-order chi connectivity index (χ0) is 16.3. The highest BCUT2D eigenvalue weighted by Crippen LogP contribution is 2.31. The van der Waals surface area contributed by atoms with Gasteiger partial charge < -0.3 is 14.4 Å². The first-order chi connectivity index (χ1) is 10.4. The maximum atomic E-state index is 12.2. The Kier molecular flexibility index (Phi) is 5.86. The second kappa shape index (κ2) is 7.46.